The molecule has 1 aromatic carbocycles. The molecule has 118 valence electrons. The third-order valence-electron chi connectivity index (χ3n) is 2.93. The number of carbonyl (C=O) groups excluding carboxylic acids is 1. The molecule has 0 radical (unpaired) electrons. The van der Waals surface area contributed by atoms with Crippen LogP contribution in [0.3, 0.4) is 0 Å². The van der Waals surface area contributed by atoms with Crippen molar-refractivity contribution in [1.82, 2.24) is 5.32 Å². The van der Waals surface area contributed by atoms with Crippen LogP contribution in [0.2, 0.25) is 0 Å². The number of nitrogens with one attached hydrogen (secondary N) is 1. The molecule has 1 atom stereocenters. The summed E-state index contributed by atoms with van der Waals surface area (Å²) in [6, 6.07) is 2.06. The van der Waals surface area contributed by atoms with Crippen molar-refractivity contribution in [3.05, 3.63) is 29.1 Å². The molecule has 3 N–H and O–H groups in total. The molecule has 0 fully saturated rings. The molecule has 1 aromatic rings. The average Bonchev–Trinajstić information content (AvgIpc) is 2.38. The molecule has 1 amide bonds. The first-order valence-electron chi connectivity index (χ1n) is 6.27. The van der Waals surface area contributed by atoms with Crippen molar-refractivity contribution in [1.29, 1.82) is 0 Å². The Hall–Kier alpha value is -1.51. The Kier molecular flexibility index (Phi) is 5.82. The van der Waals surface area contributed by atoms with Gasteiger partial charge >= 0.3 is 0 Å². The van der Waals surface area contributed by atoms with Gasteiger partial charge in [-0.15, -0.1) is 0 Å². The molecule has 0 aliphatic carbocycles. The van der Waals surface area contributed by atoms with Crippen molar-refractivity contribution >= 4 is 15.9 Å². The van der Waals surface area contributed by atoms with Crippen LogP contribution in [0.15, 0.2) is 17.0 Å². The standard InChI is InChI=1S/C13H19FN2O4S/c1-8(7-20-3)6-16-13(17)10-4-11(14)9(2)12(5-10)21(15,18)19/h4-5,8H,6-7H2,1-3H3,(H,16,17)(H2,15,18,19). The van der Waals surface area contributed by atoms with Gasteiger partial charge in [-0.25, -0.2) is 17.9 Å². The molecule has 1 rings (SSSR count). The smallest absolute Gasteiger partial charge is 0.251 e. The van der Waals surface area contributed by atoms with Crippen LogP contribution in [0.4, 0.5) is 4.39 Å². The number of ether oxygens (including phenoxy) is 1. The van der Waals surface area contributed by atoms with E-state index in [1.165, 1.54) is 6.92 Å². The first-order chi connectivity index (χ1) is 9.66. The lowest BCUT2D eigenvalue weighted by Gasteiger charge is -2.13. The zero-order chi connectivity index (χ0) is 16.2. The number of primary sulfonamides is 1. The summed E-state index contributed by atoms with van der Waals surface area (Å²) in [5.41, 5.74) is -0.200. The molecule has 0 aliphatic heterocycles. The normalized spacial score (nSPS) is 13.0. The van der Waals surface area contributed by atoms with Crippen LogP contribution in [0.25, 0.3) is 0 Å². The van der Waals surface area contributed by atoms with Gasteiger partial charge in [0.15, 0.2) is 0 Å². The van der Waals surface area contributed by atoms with Crippen molar-refractivity contribution in [3.8, 4) is 0 Å². The Morgan fingerprint density at radius 1 is 1.48 bits per heavy atom. The minimum absolute atomic E-state index is 0.0759. The Morgan fingerprint density at radius 3 is 2.62 bits per heavy atom. The number of methoxy groups -OCH3 is 1. The lowest BCUT2D eigenvalue weighted by atomic mass is 10.1. The second-order valence-corrected chi connectivity index (χ2v) is 6.43. The number of halogens is 1. The fourth-order valence-corrected chi connectivity index (χ4v) is 2.61. The minimum Gasteiger partial charge on any atom is -0.384 e. The summed E-state index contributed by atoms with van der Waals surface area (Å²) in [6.07, 6.45) is 0. The van der Waals surface area contributed by atoms with Crippen LogP contribution < -0.4 is 10.5 Å². The molecule has 0 spiro atoms. The fourth-order valence-electron chi connectivity index (χ4n) is 1.79. The van der Waals surface area contributed by atoms with Crippen molar-refractivity contribution in [2.45, 2.75) is 18.7 Å². The van der Waals surface area contributed by atoms with Gasteiger partial charge in [-0.05, 0) is 25.0 Å². The fraction of sp³-hybridized carbons (Fsp3) is 0.462. The van der Waals surface area contributed by atoms with Crippen molar-refractivity contribution in [3.63, 3.8) is 0 Å². The zero-order valence-corrected chi connectivity index (χ0v) is 13.0. The highest BCUT2D eigenvalue weighted by molar-refractivity contribution is 7.89. The highest BCUT2D eigenvalue weighted by atomic mass is 32.2. The van der Waals surface area contributed by atoms with Crippen LogP contribution >= 0.6 is 0 Å². The average molecular weight is 318 g/mol. The highest BCUT2D eigenvalue weighted by Crippen LogP contribution is 2.19. The van der Waals surface area contributed by atoms with Crippen molar-refractivity contribution < 1.29 is 22.3 Å². The number of nitrogens with two attached hydrogens (primary N) is 1. The van der Waals surface area contributed by atoms with Crippen LogP contribution in [0.1, 0.15) is 22.8 Å². The van der Waals surface area contributed by atoms with E-state index in [1.807, 2.05) is 6.92 Å². The van der Waals surface area contributed by atoms with Gasteiger partial charge in [0.25, 0.3) is 5.91 Å². The molecular formula is C13H19FN2O4S. The number of benzene rings is 1. The lowest BCUT2D eigenvalue weighted by molar-refractivity contribution is 0.0933. The van der Waals surface area contributed by atoms with Gasteiger partial charge in [-0.1, -0.05) is 6.92 Å². The van der Waals surface area contributed by atoms with E-state index >= 15 is 0 Å². The lowest BCUT2D eigenvalue weighted by Crippen LogP contribution is -2.30. The van der Waals surface area contributed by atoms with Gasteiger partial charge in [0.1, 0.15) is 5.82 Å². The van der Waals surface area contributed by atoms with Crippen molar-refractivity contribution in [2.75, 3.05) is 20.3 Å². The number of amides is 1. The summed E-state index contributed by atoms with van der Waals surface area (Å²) in [4.78, 5) is 11.6. The van der Waals surface area contributed by atoms with Gasteiger partial charge in [-0.3, -0.25) is 4.79 Å². The molecule has 0 saturated heterocycles. The molecule has 8 heteroatoms. The van der Waals surface area contributed by atoms with E-state index in [0.717, 1.165) is 12.1 Å². The third-order valence-corrected chi connectivity index (χ3v) is 3.96. The maximum atomic E-state index is 13.7. The first kappa shape index (κ1) is 17.5. The Labute approximate surface area is 123 Å². The Bertz CT molecular complexity index is 631. The SMILES string of the molecule is COCC(C)CNC(=O)c1cc(F)c(C)c(S(N)(=O)=O)c1. The highest BCUT2D eigenvalue weighted by Gasteiger charge is 2.19. The van der Waals surface area contributed by atoms with Gasteiger partial charge in [0.05, 0.1) is 11.5 Å². The molecule has 1 unspecified atom stereocenters. The summed E-state index contributed by atoms with van der Waals surface area (Å²) in [6.45, 7) is 3.95. The van der Waals surface area contributed by atoms with E-state index < -0.39 is 26.6 Å². The third kappa shape index (κ3) is 4.76. The summed E-state index contributed by atoms with van der Waals surface area (Å²) in [5.74, 6) is -1.29. The topological polar surface area (TPSA) is 98.5 Å². The van der Waals surface area contributed by atoms with Crippen LogP contribution in [-0.4, -0.2) is 34.6 Å². The maximum Gasteiger partial charge on any atom is 0.251 e. The second kappa shape index (κ2) is 6.97. The van der Waals surface area contributed by atoms with E-state index in [-0.39, 0.29) is 17.0 Å². The maximum absolute atomic E-state index is 13.7. The monoisotopic (exact) mass is 318 g/mol. The van der Waals surface area contributed by atoms with Gasteiger partial charge in [0, 0.05) is 24.8 Å². The second-order valence-electron chi connectivity index (χ2n) is 4.90. The molecule has 0 heterocycles. The zero-order valence-electron chi connectivity index (χ0n) is 12.1. The quantitative estimate of drug-likeness (QED) is 0.810. The summed E-state index contributed by atoms with van der Waals surface area (Å²) >= 11 is 0. The van der Waals surface area contributed by atoms with E-state index in [1.54, 1.807) is 7.11 Å². The molecular weight excluding hydrogens is 299 g/mol. The van der Waals surface area contributed by atoms with Gasteiger partial charge in [-0.2, -0.15) is 0 Å². The first-order valence-corrected chi connectivity index (χ1v) is 7.81. The van der Waals surface area contributed by atoms with Crippen LogP contribution in [-0.2, 0) is 14.8 Å². The number of hydrogen-bond acceptors (Lipinski definition) is 4. The number of hydrogen-bond donors (Lipinski definition) is 2. The minimum atomic E-state index is -4.09. The van der Waals surface area contributed by atoms with Crippen molar-refractivity contribution in [2.24, 2.45) is 11.1 Å². The van der Waals surface area contributed by atoms with E-state index in [2.05, 4.69) is 5.32 Å². The molecule has 0 bridgehead atoms. The number of rotatable bonds is 6. The molecule has 21 heavy (non-hydrogen) atoms. The Balaban J connectivity index is 2.99. The summed E-state index contributed by atoms with van der Waals surface area (Å²) in [5, 5.41) is 7.60. The van der Waals surface area contributed by atoms with E-state index in [4.69, 9.17) is 9.88 Å². The number of sulfonamides is 1. The molecule has 0 aliphatic rings. The number of carbonyl (C=O) groups is 1. The van der Waals surface area contributed by atoms with Gasteiger partial charge < -0.3 is 10.1 Å². The molecule has 0 aromatic heterocycles. The molecule has 6 nitrogen and oxygen atoms in total. The summed E-state index contributed by atoms with van der Waals surface area (Å²) < 4.78 is 41.5. The molecule has 0 saturated carbocycles. The van der Waals surface area contributed by atoms with Gasteiger partial charge in [0.2, 0.25) is 10.0 Å². The van der Waals surface area contributed by atoms with Crippen LogP contribution in [0, 0.1) is 18.7 Å². The summed E-state index contributed by atoms with van der Waals surface area (Å²) in [7, 11) is -2.54. The van der Waals surface area contributed by atoms with Crippen LogP contribution in [0.5, 0.6) is 0 Å². The predicted octanol–water partition coefficient (Wildman–Crippen LogP) is 0.794. The largest absolute Gasteiger partial charge is 0.384 e. The predicted molar refractivity (Wildman–Crippen MR) is 75.9 cm³/mol. The van der Waals surface area contributed by atoms with E-state index in [0.29, 0.717) is 13.2 Å². The van der Waals surface area contributed by atoms with E-state index in [9.17, 15) is 17.6 Å². The Morgan fingerprint density at radius 2 is 2.10 bits per heavy atom.